The van der Waals surface area contributed by atoms with Crippen molar-refractivity contribution in [3.8, 4) is 0 Å². The Balaban J connectivity index is 2.53. The summed E-state index contributed by atoms with van der Waals surface area (Å²) in [5, 5.41) is 3.65. The summed E-state index contributed by atoms with van der Waals surface area (Å²) < 4.78 is 0. The molecule has 0 amide bonds. The molecule has 0 radical (unpaired) electrons. The first-order valence-electron chi connectivity index (χ1n) is 6.48. The molecule has 0 aromatic carbocycles. The number of aryl methyl sites for hydroxylation is 1. The zero-order valence-corrected chi connectivity index (χ0v) is 11.9. The molecule has 1 atom stereocenters. The van der Waals surface area contributed by atoms with Crippen molar-refractivity contribution in [1.82, 2.24) is 5.32 Å². The van der Waals surface area contributed by atoms with Crippen LogP contribution < -0.4 is 5.32 Å². The second kappa shape index (κ2) is 7.08. The molecule has 0 fully saturated rings. The van der Waals surface area contributed by atoms with Crippen LogP contribution in [0.1, 0.15) is 43.9 Å². The molecule has 1 aromatic heterocycles. The van der Waals surface area contributed by atoms with Crippen molar-refractivity contribution in [3.05, 3.63) is 21.9 Å². The first-order chi connectivity index (χ1) is 7.67. The van der Waals surface area contributed by atoms with Crippen LogP contribution in [0.5, 0.6) is 0 Å². The summed E-state index contributed by atoms with van der Waals surface area (Å²) >= 11 is 1.97. The van der Waals surface area contributed by atoms with E-state index in [1.54, 1.807) is 0 Å². The van der Waals surface area contributed by atoms with Gasteiger partial charge >= 0.3 is 0 Å². The van der Waals surface area contributed by atoms with Gasteiger partial charge in [0.25, 0.3) is 0 Å². The average Bonchev–Trinajstić information content (AvgIpc) is 2.71. The summed E-state index contributed by atoms with van der Waals surface area (Å²) in [5.41, 5.74) is 0. The third-order valence-corrected chi connectivity index (χ3v) is 4.20. The summed E-state index contributed by atoms with van der Waals surface area (Å²) in [6.07, 6.45) is 3.57. The van der Waals surface area contributed by atoms with Gasteiger partial charge < -0.3 is 5.32 Å². The molecule has 2 heteroatoms. The van der Waals surface area contributed by atoms with Crippen molar-refractivity contribution in [3.63, 3.8) is 0 Å². The number of hydrogen-bond donors (Lipinski definition) is 1. The first kappa shape index (κ1) is 13.7. The first-order valence-corrected chi connectivity index (χ1v) is 7.30. The second-order valence-electron chi connectivity index (χ2n) is 4.73. The van der Waals surface area contributed by atoms with Gasteiger partial charge in [-0.2, -0.15) is 0 Å². The Kier molecular flexibility index (Phi) is 6.07. The molecule has 92 valence electrons. The topological polar surface area (TPSA) is 12.0 Å². The van der Waals surface area contributed by atoms with Gasteiger partial charge in [-0.25, -0.2) is 0 Å². The van der Waals surface area contributed by atoms with E-state index in [0.29, 0.717) is 12.0 Å². The predicted molar refractivity (Wildman–Crippen MR) is 74.3 cm³/mol. The molecule has 0 aliphatic carbocycles. The summed E-state index contributed by atoms with van der Waals surface area (Å²) in [6, 6.07) is 5.20. The van der Waals surface area contributed by atoms with E-state index in [4.69, 9.17) is 0 Å². The normalized spacial score (nSPS) is 13.3. The quantitative estimate of drug-likeness (QED) is 0.761. The summed E-state index contributed by atoms with van der Waals surface area (Å²) in [5.74, 6) is 0.707. The van der Waals surface area contributed by atoms with Gasteiger partial charge in [0.1, 0.15) is 0 Å². The molecular formula is C14H25NS. The molecule has 0 aliphatic rings. The van der Waals surface area contributed by atoms with Crippen LogP contribution in [0, 0.1) is 5.92 Å². The van der Waals surface area contributed by atoms with Crippen molar-refractivity contribution in [2.45, 2.75) is 53.0 Å². The van der Waals surface area contributed by atoms with Gasteiger partial charge in [-0.05, 0) is 43.9 Å². The lowest BCUT2D eigenvalue weighted by molar-refractivity contribution is 0.399. The van der Waals surface area contributed by atoms with E-state index in [0.717, 1.165) is 6.54 Å². The van der Waals surface area contributed by atoms with Crippen LogP contribution in [0.3, 0.4) is 0 Å². The molecule has 0 aliphatic heterocycles. The highest BCUT2D eigenvalue weighted by Crippen LogP contribution is 2.20. The van der Waals surface area contributed by atoms with Gasteiger partial charge in [0, 0.05) is 15.8 Å². The zero-order chi connectivity index (χ0) is 12.0. The van der Waals surface area contributed by atoms with Gasteiger partial charge in [0.15, 0.2) is 0 Å². The molecule has 1 unspecified atom stereocenters. The third-order valence-electron chi connectivity index (χ3n) is 2.95. The zero-order valence-electron chi connectivity index (χ0n) is 11.0. The molecule has 0 saturated carbocycles. The molecule has 0 saturated heterocycles. The minimum absolute atomic E-state index is 0.628. The lowest BCUT2D eigenvalue weighted by atomic mass is 10.00. The van der Waals surface area contributed by atoms with Crippen LogP contribution in [0.4, 0.5) is 0 Å². The molecule has 16 heavy (non-hydrogen) atoms. The van der Waals surface area contributed by atoms with Crippen molar-refractivity contribution in [2.75, 3.05) is 6.54 Å². The van der Waals surface area contributed by atoms with Crippen LogP contribution in [0.15, 0.2) is 12.1 Å². The van der Waals surface area contributed by atoms with Crippen molar-refractivity contribution < 1.29 is 0 Å². The lowest BCUT2D eigenvalue weighted by Gasteiger charge is -2.21. The van der Waals surface area contributed by atoms with E-state index >= 15 is 0 Å². The maximum atomic E-state index is 3.65. The fourth-order valence-electron chi connectivity index (χ4n) is 1.81. The molecule has 1 nitrogen and oxygen atoms in total. The molecule has 1 heterocycles. The average molecular weight is 239 g/mol. The van der Waals surface area contributed by atoms with Gasteiger partial charge in [0.05, 0.1) is 0 Å². The Bertz CT molecular complexity index is 291. The minimum atomic E-state index is 0.628. The van der Waals surface area contributed by atoms with E-state index in [-0.39, 0.29) is 0 Å². The highest BCUT2D eigenvalue weighted by molar-refractivity contribution is 7.11. The number of thiophene rings is 1. The Morgan fingerprint density at radius 1 is 1.19 bits per heavy atom. The maximum Gasteiger partial charge on any atom is 0.0138 e. The standard InChI is InChI=1S/C14H25NS/c1-5-9-15-14(11(3)4)10-13-8-7-12(6-2)16-13/h7-8,11,14-15H,5-6,9-10H2,1-4H3. The Labute approximate surface area is 104 Å². The fourth-order valence-corrected chi connectivity index (χ4v) is 2.83. The Morgan fingerprint density at radius 2 is 1.88 bits per heavy atom. The Morgan fingerprint density at radius 3 is 2.38 bits per heavy atom. The monoisotopic (exact) mass is 239 g/mol. The van der Waals surface area contributed by atoms with E-state index in [9.17, 15) is 0 Å². The van der Waals surface area contributed by atoms with Gasteiger partial charge in [0.2, 0.25) is 0 Å². The molecule has 1 rings (SSSR count). The van der Waals surface area contributed by atoms with Crippen LogP contribution in [-0.2, 0) is 12.8 Å². The van der Waals surface area contributed by atoms with E-state index in [2.05, 4.69) is 45.1 Å². The van der Waals surface area contributed by atoms with Crippen LogP contribution >= 0.6 is 11.3 Å². The van der Waals surface area contributed by atoms with Crippen molar-refractivity contribution in [1.29, 1.82) is 0 Å². The number of rotatable bonds is 7. The van der Waals surface area contributed by atoms with Crippen molar-refractivity contribution >= 4 is 11.3 Å². The second-order valence-corrected chi connectivity index (χ2v) is 5.98. The molecule has 1 aromatic rings. The number of nitrogens with one attached hydrogen (secondary N) is 1. The molecule has 1 N–H and O–H groups in total. The van der Waals surface area contributed by atoms with E-state index < -0.39 is 0 Å². The van der Waals surface area contributed by atoms with Gasteiger partial charge in [-0.15, -0.1) is 11.3 Å². The van der Waals surface area contributed by atoms with Crippen LogP contribution in [-0.4, -0.2) is 12.6 Å². The van der Waals surface area contributed by atoms with Gasteiger partial charge in [-0.1, -0.05) is 27.7 Å². The van der Waals surface area contributed by atoms with Crippen molar-refractivity contribution in [2.24, 2.45) is 5.92 Å². The van der Waals surface area contributed by atoms with Crippen LogP contribution in [0.2, 0.25) is 0 Å². The van der Waals surface area contributed by atoms with Crippen LogP contribution in [0.25, 0.3) is 0 Å². The largest absolute Gasteiger partial charge is 0.313 e. The summed E-state index contributed by atoms with van der Waals surface area (Å²) in [6.45, 7) is 10.2. The minimum Gasteiger partial charge on any atom is -0.313 e. The number of hydrogen-bond acceptors (Lipinski definition) is 2. The maximum absolute atomic E-state index is 3.65. The SMILES string of the molecule is CCCNC(Cc1ccc(CC)s1)C(C)C. The highest BCUT2D eigenvalue weighted by atomic mass is 32.1. The van der Waals surface area contributed by atoms with E-state index in [1.165, 1.54) is 29.0 Å². The fraction of sp³-hybridized carbons (Fsp3) is 0.714. The Hall–Kier alpha value is -0.340. The molecular weight excluding hydrogens is 214 g/mol. The van der Waals surface area contributed by atoms with Gasteiger partial charge in [-0.3, -0.25) is 0 Å². The summed E-state index contributed by atoms with van der Waals surface area (Å²) in [7, 11) is 0. The summed E-state index contributed by atoms with van der Waals surface area (Å²) in [4.78, 5) is 3.03. The third kappa shape index (κ3) is 4.26. The smallest absolute Gasteiger partial charge is 0.0138 e. The highest BCUT2D eigenvalue weighted by Gasteiger charge is 2.13. The predicted octanol–water partition coefficient (Wildman–Crippen LogP) is 3.88. The van der Waals surface area contributed by atoms with E-state index in [1.807, 2.05) is 11.3 Å². The molecule has 0 bridgehead atoms. The molecule has 0 spiro atoms. The lowest BCUT2D eigenvalue weighted by Crippen LogP contribution is -2.36.